The molecule has 0 unspecified atom stereocenters. The summed E-state index contributed by atoms with van der Waals surface area (Å²) >= 11 is 0. The molecule has 0 atom stereocenters. The highest BCUT2D eigenvalue weighted by molar-refractivity contribution is 6.20. The van der Waals surface area contributed by atoms with Crippen LogP contribution in [-0.2, 0) is 18.3 Å². The fourth-order valence-corrected chi connectivity index (χ4v) is 4.81. The number of amidine groups is 1. The number of nitrogens with one attached hydrogen (secondary N) is 1. The molecule has 1 aliphatic heterocycles. The lowest BCUT2D eigenvalue weighted by molar-refractivity contribution is -0.122. The van der Waals surface area contributed by atoms with E-state index in [0.717, 1.165) is 32.9 Å². The van der Waals surface area contributed by atoms with Gasteiger partial charge in [0.25, 0.3) is 5.91 Å². The predicted molar refractivity (Wildman–Crippen MR) is 138 cm³/mol. The normalized spacial score (nSPS) is 15.0. The largest absolute Gasteiger partial charge is 0.361 e. The zero-order valence-corrected chi connectivity index (χ0v) is 19.2. The van der Waals surface area contributed by atoms with Crippen molar-refractivity contribution in [3.8, 4) is 0 Å². The first-order valence-electron chi connectivity index (χ1n) is 11.6. The number of H-pyrrole nitrogens is 1. The van der Waals surface area contributed by atoms with Gasteiger partial charge in [0.15, 0.2) is 0 Å². The van der Waals surface area contributed by atoms with Crippen LogP contribution >= 0.6 is 0 Å². The van der Waals surface area contributed by atoms with E-state index in [1.54, 1.807) is 29.2 Å². The quantitative estimate of drug-likeness (QED) is 0.336. The number of amides is 1. The molecule has 0 spiro atoms. The Morgan fingerprint density at radius 3 is 2.57 bits per heavy atom. The minimum atomic E-state index is -0.400. The molecule has 0 radical (unpaired) electrons. The maximum atomic E-state index is 14.8. The molecular formula is C29H23FN4O. The second kappa shape index (κ2) is 8.40. The van der Waals surface area contributed by atoms with E-state index in [9.17, 15) is 9.18 Å². The van der Waals surface area contributed by atoms with Crippen LogP contribution in [0.4, 0.5) is 4.39 Å². The molecule has 3 heterocycles. The third kappa shape index (κ3) is 3.64. The molecule has 5 nitrogen and oxygen atoms in total. The molecule has 1 N–H and O–H groups in total. The summed E-state index contributed by atoms with van der Waals surface area (Å²) in [6.07, 6.45) is 6.37. The topological polar surface area (TPSA) is 53.4 Å². The molecule has 1 amide bonds. The summed E-state index contributed by atoms with van der Waals surface area (Å²) in [6.45, 7) is 0.390. The minimum absolute atomic E-state index is 0.226. The molecule has 2 aromatic heterocycles. The van der Waals surface area contributed by atoms with Crippen molar-refractivity contribution in [2.45, 2.75) is 6.42 Å². The summed E-state index contributed by atoms with van der Waals surface area (Å²) in [7, 11) is 1.97. The van der Waals surface area contributed by atoms with E-state index in [2.05, 4.69) is 16.0 Å². The van der Waals surface area contributed by atoms with Gasteiger partial charge in [-0.15, -0.1) is 0 Å². The highest BCUT2D eigenvalue weighted by atomic mass is 19.1. The first kappa shape index (κ1) is 21.1. The number of aliphatic imine (C=N–C) groups is 1. The van der Waals surface area contributed by atoms with Gasteiger partial charge >= 0.3 is 0 Å². The van der Waals surface area contributed by atoms with Crippen LogP contribution in [0.25, 0.3) is 27.9 Å². The fourth-order valence-electron chi connectivity index (χ4n) is 4.81. The Hall–Kier alpha value is -4.45. The van der Waals surface area contributed by atoms with Gasteiger partial charge in [-0.2, -0.15) is 0 Å². The number of aromatic nitrogens is 2. The molecule has 0 bridgehead atoms. The van der Waals surface area contributed by atoms with Crippen LogP contribution in [0.3, 0.4) is 0 Å². The highest BCUT2D eigenvalue weighted by Gasteiger charge is 2.32. The van der Waals surface area contributed by atoms with E-state index < -0.39 is 5.82 Å². The number of aryl methyl sites for hydroxylation is 1. The minimum Gasteiger partial charge on any atom is -0.361 e. The van der Waals surface area contributed by atoms with Crippen molar-refractivity contribution in [3.63, 3.8) is 0 Å². The van der Waals surface area contributed by atoms with Gasteiger partial charge in [0.1, 0.15) is 17.3 Å². The number of nitrogens with zero attached hydrogens (tertiary/aromatic N) is 3. The predicted octanol–water partition coefficient (Wildman–Crippen LogP) is 5.67. The first-order valence-corrected chi connectivity index (χ1v) is 11.6. The van der Waals surface area contributed by atoms with Crippen molar-refractivity contribution >= 4 is 39.6 Å². The Balaban J connectivity index is 1.39. The van der Waals surface area contributed by atoms with E-state index >= 15 is 0 Å². The lowest BCUT2D eigenvalue weighted by Crippen LogP contribution is -2.35. The Labute approximate surface area is 201 Å². The molecule has 35 heavy (non-hydrogen) atoms. The lowest BCUT2D eigenvalue weighted by atomic mass is 10.1. The number of carbonyl (C=O) groups is 1. The standard InChI is InChI=1S/C29H23FN4O/c1-33-18-20(22-9-4-7-13-27(22)33)16-26-29(35)34(28(32-26)23-10-2-5-11-24(23)30)15-14-19-17-31-25-12-6-3-8-21(19)25/h2-13,16-18,31H,14-15H2,1H3/b26-16-. The van der Waals surface area contributed by atoms with E-state index in [1.807, 2.05) is 66.5 Å². The average molecular weight is 463 g/mol. The van der Waals surface area contributed by atoms with Crippen LogP contribution in [0.5, 0.6) is 0 Å². The van der Waals surface area contributed by atoms with Gasteiger partial charge < -0.3 is 9.55 Å². The number of carbonyl (C=O) groups excluding carboxylic acids is 1. The van der Waals surface area contributed by atoms with Crippen molar-refractivity contribution in [2.75, 3.05) is 6.54 Å². The smallest absolute Gasteiger partial charge is 0.278 e. The number of halogens is 1. The van der Waals surface area contributed by atoms with Crippen molar-refractivity contribution in [3.05, 3.63) is 113 Å². The molecule has 0 saturated heterocycles. The van der Waals surface area contributed by atoms with Crippen LogP contribution in [0, 0.1) is 5.82 Å². The highest BCUT2D eigenvalue weighted by Crippen LogP contribution is 2.28. The van der Waals surface area contributed by atoms with Crippen molar-refractivity contribution in [1.29, 1.82) is 0 Å². The number of benzene rings is 3. The molecule has 6 rings (SSSR count). The Morgan fingerprint density at radius 2 is 1.71 bits per heavy atom. The Kier molecular flexibility index (Phi) is 5.07. The van der Waals surface area contributed by atoms with Gasteiger partial charge in [-0.25, -0.2) is 9.38 Å². The van der Waals surface area contributed by atoms with E-state index in [1.165, 1.54) is 6.07 Å². The van der Waals surface area contributed by atoms with Gasteiger partial charge in [-0.05, 0) is 42.3 Å². The average Bonchev–Trinajstić information content (AvgIpc) is 3.53. The second-order valence-corrected chi connectivity index (χ2v) is 8.72. The second-order valence-electron chi connectivity index (χ2n) is 8.72. The fraction of sp³-hybridized carbons (Fsp3) is 0.103. The number of para-hydroxylation sites is 2. The van der Waals surface area contributed by atoms with Crippen LogP contribution in [-0.4, -0.2) is 32.7 Å². The van der Waals surface area contributed by atoms with Gasteiger partial charge in [0, 0.05) is 53.4 Å². The summed E-state index contributed by atoms with van der Waals surface area (Å²) in [5.74, 6) is -0.280. The molecular weight excluding hydrogens is 439 g/mol. The Bertz CT molecular complexity index is 1660. The van der Waals surface area contributed by atoms with Crippen molar-refractivity contribution in [1.82, 2.24) is 14.5 Å². The summed E-state index contributed by atoms with van der Waals surface area (Å²) in [4.78, 5) is 23.1. The maximum Gasteiger partial charge on any atom is 0.278 e. The van der Waals surface area contributed by atoms with E-state index in [0.29, 0.717) is 30.1 Å². The summed E-state index contributed by atoms with van der Waals surface area (Å²) in [6, 6.07) is 22.6. The monoisotopic (exact) mass is 462 g/mol. The molecule has 0 aliphatic carbocycles. The number of aromatic amines is 1. The van der Waals surface area contributed by atoms with Gasteiger partial charge in [-0.3, -0.25) is 9.69 Å². The first-order chi connectivity index (χ1) is 17.1. The van der Waals surface area contributed by atoms with Gasteiger partial charge in [-0.1, -0.05) is 48.5 Å². The lowest BCUT2D eigenvalue weighted by Gasteiger charge is -2.18. The molecule has 5 aromatic rings. The van der Waals surface area contributed by atoms with E-state index in [-0.39, 0.29) is 5.91 Å². The molecule has 0 saturated carbocycles. The summed E-state index contributed by atoms with van der Waals surface area (Å²) in [5, 5.41) is 2.16. The molecule has 1 aliphatic rings. The van der Waals surface area contributed by atoms with Crippen molar-refractivity contribution < 1.29 is 9.18 Å². The number of rotatable bonds is 5. The zero-order chi connectivity index (χ0) is 23.9. The number of fused-ring (bicyclic) bond motifs is 2. The number of hydrogen-bond acceptors (Lipinski definition) is 2. The van der Waals surface area contributed by atoms with Crippen LogP contribution in [0.2, 0.25) is 0 Å². The van der Waals surface area contributed by atoms with Crippen LogP contribution in [0.15, 0.2) is 95.9 Å². The van der Waals surface area contributed by atoms with Crippen LogP contribution < -0.4 is 0 Å². The molecule has 0 fully saturated rings. The zero-order valence-electron chi connectivity index (χ0n) is 19.2. The number of hydrogen-bond donors (Lipinski definition) is 1. The third-order valence-corrected chi connectivity index (χ3v) is 6.56. The maximum absolute atomic E-state index is 14.8. The third-order valence-electron chi connectivity index (χ3n) is 6.56. The molecule has 6 heteroatoms. The summed E-state index contributed by atoms with van der Waals surface area (Å²) in [5.41, 5.74) is 4.75. The van der Waals surface area contributed by atoms with Gasteiger partial charge in [0.05, 0.1) is 5.56 Å². The molecule has 172 valence electrons. The van der Waals surface area contributed by atoms with Crippen molar-refractivity contribution in [2.24, 2.45) is 12.0 Å². The van der Waals surface area contributed by atoms with Crippen LogP contribution in [0.1, 0.15) is 16.7 Å². The Morgan fingerprint density at radius 1 is 0.971 bits per heavy atom. The van der Waals surface area contributed by atoms with E-state index in [4.69, 9.17) is 0 Å². The molecule has 3 aromatic carbocycles. The van der Waals surface area contributed by atoms with Gasteiger partial charge in [0.2, 0.25) is 0 Å². The summed E-state index contributed by atoms with van der Waals surface area (Å²) < 4.78 is 16.8. The SMILES string of the molecule is Cn1cc(/C=C2\N=C(c3ccccc3F)N(CCc3c[nH]c4ccccc34)C2=O)c2ccccc21.